The largest absolute Gasteiger partial charge is 0.489 e. The van der Waals surface area contributed by atoms with Crippen molar-refractivity contribution >= 4 is 38.6 Å². The molecule has 34 heavy (non-hydrogen) atoms. The van der Waals surface area contributed by atoms with Crippen molar-refractivity contribution < 1.29 is 27.5 Å². The van der Waals surface area contributed by atoms with E-state index in [4.69, 9.17) is 9.47 Å². The number of nitrogens with one attached hydrogen (secondary N) is 3. The molecule has 3 aromatic rings. The summed E-state index contributed by atoms with van der Waals surface area (Å²) in [6.07, 6.45) is 0. The van der Waals surface area contributed by atoms with Gasteiger partial charge in [-0.1, -0.05) is 18.2 Å². The normalized spacial score (nSPS) is 22.1. The van der Waals surface area contributed by atoms with Crippen LogP contribution in [0.1, 0.15) is 11.3 Å². The van der Waals surface area contributed by atoms with Crippen molar-refractivity contribution in [1.82, 2.24) is 15.6 Å². The van der Waals surface area contributed by atoms with E-state index in [0.717, 1.165) is 22.2 Å². The SMILES string of the molecule is Cc1cc(COc2ccc(NS(=O)(=O)C3COCC34NC(=O)NC4=O)cc2)c2ccccc2n1. The molecule has 3 amide bonds. The second kappa shape index (κ2) is 8.26. The van der Waals surface area contributed by atoms with Crippen LogP contribution in [0, 0.1) is 6.92 Å². The number of pyridine rings is 1. The molecule has 0 bridgehead atoms. The Morgan fingerprint density at radius 2 is 1.94 bits per heavy atom. The molecule has 0 aliphatic carbocycles. The highest BCUT2D eigenvalue weighted by molar-refractivity contribution is 7.93. The number of imide groups is 1. The number of ether oxygens (including phenoxy) is 2. The molecular weight excluding hydrogens is 460 g/mol. The molecule has 2 unspecified atom stereocenters. The number of nitrogens with zero attached hydrogens (tertiary/aromatic N) is 1. The molecular formula is C23H22N4O6S. The van der Waals surface area contributed by atoms with Gasteiger partial charge in [0, 0.05) is 22.3 Å². The molecule has 11 heteroatoms. The second-order valence-electron chi connectivity index (χ2n) is 8.28. The van der Waals surface area contributed by atoms with E-state index in [9.17, 15) is 18.0 Å². The van der Waals surface area contributed by atoms with Crippen LogP contribution in [0.2, 0.25) is 0 Å². The lowest BCUT2D eigenvalue weighted by Crippen LogP contribution is -2.59. The molecule has 3 heterocycles. The Labute approximate surface area is 195 Å². The van der Waals surface area contributed by atoms with Gasteiger partial charge in [0.15, 0.2) is 5.54 Å². The van der Waals surface area contributed by atoms with Crippen LogP contribution in [-0.4, -0.2) is 49.3 Å². The molecule has 3 N–H and O–H groups in total. The number of benzene rings is 2. The van der Waals surface area contributed by atoms with Crippen molar-refractivity contribution in [2.24, 2.45) is 0 Å². The van der Waals surface area contributed by atoms with Crippen LogP contribution in [0.3, 0.4) is 0 Å². The number of rotatable bonds is 6. The van der Waals surface area contributed by atoms with Crippen LogP contribution >= 0.6 is 0 Å². The van der Waals surface area contributed by atoms with E-state index < -0.39 is 32.8 Å². The van der Waals surface area contributed by atoms with Gasteiger partial charge in [0.1, 0.15) is 17.6 Å². The summed E-state index contributed by atoms with van der Waals surface area (Å²) in [6.45, 7) is 1.82. The molecule has 1 spiro atoms. The smallest absolute Gasteiger partial charge is 0.322 e. The number of urea groups is 1. The molecule has 2 saturated heterocycles. The van der Waals surface area contributed by atoms with Crippen molar-refractivity contribution in [3.63, 3.8) is 0 Å². The van der Waals surface area contributed by atoms with E-state index in [0.29, 0.717) is 18.0 Å². The highest BCUT2D eigenvalue weighted by atomic mass is 32.2. The Morgan fingerprint density at radius 1 is 1.18 bits per heavy atom. The zero-order valence-electron chi connectivity index (χ0n) is 18.2. The van der Waals surface area contributed by atoms with Crippen LogP contribution < -0.4 is 20.1 Å². The zero-order chi connectivity index (χ0) is 23.9. The first kappa shape index (κ1) is 22.1. The molecule has 2 aromatic carbocycles. The Balaban J connectivity index is 1.29. The lowest BCUT2D eigenvalue weighted by Gasteiger charge is -2.25. The first-order valence-corrected chi connectivity index (χ1v) is 12.1. The number of carbonyl (C=O) groups is 2. The van der Waals surface area contributed by atoms with Gasteiger partial charge < -0.3 is 14.8 Å². The Kier molecular flexibility index (Phi) is 5.37. The van der Waals surface area contributed by atoms with Crippen molar-refractivity contribution in [2.75, 3.05) is 17.9 Å². The van der Waals surface area contributed by atoms with Gasteiger partial charge in [-0.25, -0.2) is 13.2 Å². The third kappa shape index (κ3) is 3.93. The van der Waals surface area contributed by atoms with Crippen molar-refractivity contribution in [3.05, 3.63) is 65.9 Å². The number of anilines is 1. The molecule has 0 saturated carbocycles. The standard InChI is InChI=1S/C23H22N4O6S/c1-14-10-15(18-4-2-3-5-19(18)24-14)11-33-17-8-6-16(7-9-17)27-34(30,31)20-12-32-13-23(20)21(28)25-22(29)26-23/h2-10,20,27H,11-13H2,1H3,(H2,25,26,28,29). The molecule has 2 fully saturated rings. The van der Waals surface area contributed by atoms with Crippen LogP contribution in [0.25, 0.3) is 10.9 Å². The minimum atomic E-state index is -4.06. The Hall–Kier alpha value is -3.70. The average Bonchev–Trinajstić information content (AvgIpc) is 3.35. The highest BCUT2D eigenvalue weighted by Gasteiger charge is 2.60. The topological polar surface area (TPSA) is 136 Å². The summed E-state index contributed by atoms with van der Waals surface area (Å²) in [7, 11) is -4.06. The molecule has 176 valence electrons. The van der Waals surface area contributed by atoms with E-state index in [-0.39, 0.29) is 13.2 Å². The maximum absolute atomic E-state index is 13.0. The third-order valence-electron chi connectivity index (χ3n) is 5.93. The Morgan fingerprint density at radius 3 is 2.68 bits per heavy atom. The molecule has 2 atom stereocenters. The van der Waals surface area contributed by atoms with Gasteiger partial charge >= 0.3 is 6.03 Å². The fourth-order valence-electron chi connectivity index (χ4n) is 4.28. The molecule has 1 aromatic heterocycles. The van der Waals surface area contributed by atoms with Crippen LogP contribution in [0.5, 0.6) is 5.75 Å². The van der Waals surface area contributed by atoms with Gasteiger partial charge in [0.2, 0.25) is 10.0 Å². The summed E-state index contributed by atoms with van der Waals surface area (Å²) in [5.41, 5.74) is 1.44. The number of amides is 3. The summed E-state index contributed by atoms with van der Waals surface area (Å²) in [5.74, 6) is -0.155. The highest BCUT2D eigenvalue weighted by Crippen LogP contribution is 2.30. The summed E-state index contributed by atoms with van der Waals surface area (Å²) in [5, 5.41) is 4.23. The van der Waals surface area contributed by atoms with Crippen molar-refractivity contribution in [3.8, 4) is 5.75 Å². The zero-order valence-corrected chi connectivity index (χ0v) is 19.0. The minimum absolute atomic E-state index is 0.216. The number of sulfonamides is 1. The van der Waals surface area contributed by atoms with Gasteiger partial charge in [-0.05, 0) is 43.3 Å². The summed E-state index contributed by atoms with van der Waals surface area (Å²) >= 11 is 0. The van der Waals surface area contributed by atoms with Crippen LogP contribution in [-0.2, 0) is 26.2 Å². The quantitative estimate of drug-likeness (QED) is 0.456. The van der Waals surface area contributed by atoms with Crippen LogP contribution in [0.15, 0.2) is 54.6 Å². The number of fused-ring (bicyclic) bond motifs is 1. The average molecular weight is 483 g/mol. The second-order valence-corrected chi connectivity index (χ2v) is 10.1. The number of hydrogen-bond donors (Lipinski definition) is 3. The van der Waals surface area contributed by atoms with Gasteiger partial charge in [-0.2, -0.15) is 0 Å². The molecule has 2 aliphatic rings. The number of aromatic nitrogens is 1. The lowest BCUT2D eigenvalue weighted by atomic mass is 9.99. The number of hydrogen-bond acceptors (Lipinski definition) is 7. The predicted octanol–water partition coefficient (Wildman–Crippen LogP) is 1.84. The summed E-state index contributed by atoms with van der Waals surface area (Å²) in [6, 6.07) is 15.5. The van der Waals surface area contributed by atoms with Gasteiger partial charge in [-0.15, -0.1) is 0 Å². The first-order chi connectivity index (χ1) is 16.3. The number of para-hydroxylation sites is 1. The van der Waals surface area contributed by atoms with E-state index in [1.54, 1.807) is 24.3 Å². The predicted molar refractivity (Wildman–Crippen MR) is 124 cm³/mol. The van der Waals surface area contributed by atoms with Crippen LogP contribution in [0.4, 0.5) is 10.5 Å². The maximum Gasteiger partial charge on any atom is 0.322 e. The number of aryl methyl sites for hydroxylation is 1. The van der Waals surface area contributed by atoms with E-state index in [1.807, 2.05) is 37.3 Å². The van der Waals surface area contributed by atoms with E-state index in [2.05, 4.69) is 20.3 Å². The van der Waals surface area contributed by atoms with Gasteiger partial charge in [-0.3, -0.25) is 19.8 Å². The fraction of sp³-hybridized carbons (Fsp3) is 0.261. The lowest BCUT2D eigenvalue weighted by molar-refractivity contribution is -0.123. The first-order valence-electron chi connectivity index (χ1n) is 10.6. The molecule has 2 aliphatic heterocycles. The molecule has 10 nitrogen and oxygen atoms in total. The third-order valence-corrected chi connectivity index (χ3v) is 7.74. The van der Waals surface area contributed by atoms with Gasteiger partial charge in [0.25, 0.3) is 5.91 Å². The monoisotopic (exact) mass is 482 g/mol. The maximum atomic E-state index is 13.0. The van der Waals surface area contributed by atoms with E-state index in [1.165, 1.54) is 0 Å². The minimum Gasteiger partial charge on any atom is -0.489 e. The fourth-order valence-corrected chi connectivity index (χ4v) is 5.93. The molecule has 0 radical (unpaired) electrons. The molecule has 5 rings (SSSR count). The Bertz CT molecular complexity index is 1390. The van der Waals surface area contributed by atoms with Gasteiger partial charge in [0.05, 0.1) is 18.7 Å². The van der Waals surface area contributed by atoms with Crippen molar-refractivity contribution in [1.29, 1.82) is 0 Å². The summed E-state index contributed by atoms with van der Waals surface area (Å²) < 4.78 is 39.7. The van der Waals surface area contributed by atoms with E-state index >= 15 is 0 Å². The number of carbonyl (C=O) groups excluding carboxylic acids is 2. The van der Waals surface area contributed by atoms with Crippen molar-refractivity contribution in [2.45, 2.75) is 24.3 Å². The summed E-state index contributed by atoms with van der Waals surface area (Å²) in [4.78, 5) is 28.4.